The van der Waals surface area contributed by atoms with Gasteiger partial charge in [-0.05, 0) is 67.8 Å². The van der Waals surface area contributed by atoms with Crippen LogP contribution in [0, 0.1) is 16.7 Å². The Balaban J connectivity index is 2.06. The fourth-order valence-electron chi connectivity index (χ4n) is 3.63. The van der Waals surface area contributed by atoms with Crippen LogP contribution in [0.4, 0.5) is 0 Å². The van der Waals surface area contributed by atoms with E-state index in [4.69, 9.17) is 16.3 Å². The minimum absolute atomic E-state index is 0.122. The van der Waals surface area contributed by atoms with Crippen molar-refractivity contribution < 1.29 is 14.6 Å². The van der Waals surface area contributed by atoms with Gasteiger partial charge in [-0.2, -0.15) is 5.26 Å². The maximum absolute atomic E-state index is 12.7. The number of carboxylic acid groups (broad SMARTS) is 1. The predicted molar refractivity (Wildman–Crippen MR) is 117 cm³/mol. The molecule has 0 aliphatic rings. The van der Waals surface area contributed by atoms with E-state index in [0.29, 0.717) is 22.1 Å². The van der Waals surface area contributed by atoms with Gasteiger partial charge in [0.1, 0.15) is 16.9 Å². The van der Waals surface area contributed by atoms with Crippen LogP contribution in [-0.2, 0) is 16.6 Å². The number of aliphatic carboxylic acids is 1. The van der Waals surface area contributed by atoms with Gasteiger partial charge in [-0.1, -0.05) is 54.1 Å². The number of benzene rings is 3. The molecular weight excluding hydrogens is 398 g/mol. The van der Waals surface area contributed by atoms with Crippen molar-refractivity contribution in [3.05, 3.63) is 95.0 Å². The first-order valence-corrected chi connectivity index (χ1v) is 9.89. The van der Waals surface area contributed by atoms with E-state index in [9.17, 15) is 15.2 Å². The molecule has 152 valence electrons. The molecule has 0 aliphatic heterocycles. The lowest BCUT2D eigenvalue weighted by Gasteiger charge is -2.39. The zero-order valence-corrected chi connectivity index (χ0v) is 17.6. The van der Waals surface area contributed by atoms with Crippen molar-refractivity contribution in [3.63, 3.8) is 0 Å². The summed E-state index contributed by atoms with van der Waals surface area (Å²) in [5, 5.41) is 20.7. The van der Waals surface area contributed by atoms with Crippen molar-refractivity contribution in [3.8, 4) is 17.6 Å². The Morgan fingerprint density at radius 2 is 1.63 bits per heavy atom. The molecule has 1 N–H and O–H groups in total. The van der Waals surface area contributed by atoms with Crippen LogP contribution in [0.1, 0.15) is 25.0 Å². The highest BCUT2D eigenvalue weighted by molar-refractivity contribution is 6.30. The van der Waals surface area contributed by atoms with Crippen LogP contribution in [0.25, 0.3) is 0 Å². The number of hydrogen-bond acceptors (Lipinski definition) is 3. The third-order valence-corrected chi connectivity index (χ3v) is 5.65. The summed E-state index contributed by atoms with van der Waals surface area (Å²) in [6.45, 7) is 3.31. The molecule has 0 radical (unpaired) electrons. The van der Waals surface area contributed by atoms with Gasteiger partial charge in [-0.3, -0.25) is 4.79 Å². The van der Waals surface area contributed by atoms with Gasteiger partial charge < -0.3 is 9.84 Å². The molecule has 1 atom stereocenters. The summed E-state index contributed by atoms with van der Waals surface area (Å²) in [5.41, 5.74) is -1.38. The number of ether oxygens (including phenoxy) is 1. The lowest BCUT2D eigenvalue weighted by atomic mass is 9.59. The van der Waals surface area contributed by atoms with Gasteiger partial charge in [-0.15, -0.1) is 0 Å². The maximum atomic E-state index is 12.7. The number of halogens is 1. The van der Waals surface area contributed by atoms with Crippen LogP contribution < -0.4 is 4.74 Å². The van der Waals surface area contributed by atoms with Crippen molar-refractivity contribution in [2.75, 3.05) is 0 Å². The van der Waals surface area contributed by atoms with Crippen LogP contribution in [0.15, 0.2) is 78.9 Å². The summed E-state index contributed by atoms with van der Waals surface area (Å²) in [6.07, 6.45) is 0.122. The molecule has 0 spiro atoms. The molecule has 0 bridgehead atoms. The highest BCUT2D eigenvalue weighted by atomic mass is 35.5. The number of rotatable bonds is 7. The minimum Gasteiger partial charge on any atom is -0.481 e. The van der Waals surface area contributed by atoms with E-state index < -0.39 is 16.8 Å². The molecule has 5 heteroatoms. The van der Waals surface area contributed by atoms with E-state index in [1.54, 1.807) is 38.1 Å². The largest absolute Gasteiger partial charge is 0.481 e. The Morgan fingerprint density at radius 3 is 2.23 bits per heavy atom. The summed E-state index contributed by atoms with van der Waals surface area (Å²) < 4.78 is 5.90. The van der Waals surface area contributed by atoms with E-state index in [2.05, 4.69) is 6.07 Å². The topological polar surface area (TPSA) is 70.3 Å². The van der Waals surface area contributed by atoms with Gasteiger partial charge in [0.25, 0.3) is 0 Å². The van der Waals surface area contributed by atoms with Crippen molar-refractivity contribution in [1.29, 1.82) is 5.26 Å². The van der Waals surface area contributed by atoms with Gasteiger partial charge in [0.15, 0.2) is 0 Å². The van der Waals surface area contributed by atoms with Gasteiger partial charge in [0.05, 0.1) is 11.5 Å². The van der Waals surface area contributed by atoms with Crippen molar-refractivity contribution >= 4 is 17.6 Å². The maximum Gasteiger partial charge on any atom is 0.316 e. The molecule has 0 saturated carbocycles. The van der Waals surface area contributed by atoms with Crippen LogP contribution in [-0.4, -0.2) is 11.1 Å². The number of carbonyl (C=O) groups is 1. The Hall–Kier alpha value is -3.29. The monoisotopic (exact) mass is 419 g/mol. The Morgan fingerprint density at radius 1 is 1.00 bits per heavy atom. The molecular formula is C25H22ClNO3. The summed E-state index contributed by atoms with van der Waals surface area (Å²) in [6, 6.07) is 25.5. The molecule has 0 heterocycles. The second kappa shape index (κ2) is 8.61. The molecule has 0 aliphatic carbocycles. The normalized spacial score (nSPS) is 13.1. The predicted octanol–water partition coefficient (Wildman–Crippen LogP) is 6.25. The lowest BCUT2D eigenvalue weighted by molar-refractivity contribution is -0.147. The molecule has 0 aromatic heterocycles. The SMILES string of the molecule is CC(C)(C#N)[C@@](Cc1cccc(Oc2ccccc2)c1)(C(=O)O)c1ccc(Cl)cc1. The third kappa shape index (κ3) is 4.17. The van der Waals surface area contributed by atoms with E-state index in [-0.39, 0.29) is 6.42 Å². The molecule has 0 saturated heterocycles. The zero-order valence-electron chi connectivity index (χ0n) is 16.8. The van der Waals surface area contributed by atoms with Crippen LogP contribution >= 0.6 is 11.6 Å². The number of nitrogens with zero attached hydrogens (tertiary/aromatic N) is 1. The van der Waals surface area contributed by atoms with Gasteiger partial charge in [0, 0.05) is 5.02 Å². The first-order chi connectivity index (χ1) is 14.3. The molecule has 0 unspecified atom stereocenters. The molecule has 3 aromatic rings. The minimum atomic E-state index is -1.47. The Kier molecular flexibility index (Phi) is 6.14. The standard InChI is InChI=1S/C25H22ClNO3/c1-24(2,17-27)25(23(28)29,19-11-13-20(26)14-12-19)16-18-7-6-10-22(15-18)30-21-8-4-3-5-9-21/h3-15H,16H2,1-2H3,(H,28,29)/t25-/m1/s1. The highest BCUT2D eigenvalue weighted by Gasteiger charge is 2.53. The van der Waals surface area contributed by atoms with Crippen LogP contribution in [0.2, 0.25) is 5.02 Å². The average molecular weight is 420 g/mol. The lowest BCUT2D eigenvalue weighted by Crippen LogP contribution is -2.49. The van der Waals surface area contributed by atoms with Gasteiger partial charge in [0.2, 0.25) is 0 Å². The second-order valence-corrected chi connectivity index (χ2v) is 8.13. The number of carboxylic acids is 1. The first-order valence-electron chi connectivity index (χ1n) is 9.51. The van der Waals surface area contributed by atoms with Crippen LogP contribution in [0.5, 0.6) is 11.5 Å². The van der Waals surface area contributed by atoms with E-state index in [1.165, 1.54) is 0 Å². The highest BCUT2D eigenvalue weighted by Crippen LogP contribution is 2.45. The summed E-state index contributed by atoms with van der Waals surface area (Å²) in [4.78, 5) is 12.7. The van der Waals surface area contributed by atoms with Gasteiger partial charge in [-0.25, -0.2) is 0 Å². The van der Waals surface area contributed by atoms with E-state index in [1.807, 2.05) is 54.6 Å². The molecule has 30 heavy (non-hydrogen) atoms. The average Bonchev–Trinajstić information content (AvgIpc) is 2.73. The molecule has 3 rings (SSSR count). The molecule has 0 fully saturated rings. The number of hydrogen-bond donors (Lipinski definition) is 1. The van der Waals surface area contributed by atoms with Crippen LogP contribution in [0.3, 0.4) is 0 Å². The van der Waals surface area contributed by atoms with Crippen molar-refractivity contribution in [2.45, 2.75) is 25.7 Å². The van der Waals surface area contributed by atoms with E-state index in [0.717, 1.165) is 5.56 Å². The summed E-state index contributed by atoms with van der Waals surface area (Å²) in [7, 11) is 0. The molecule has 3 aromatic carbocycles. The third-order valence-electron chi connectivity index (χ3n) is 5.40. The van der Waals surface area contributed by atoms with Crippen molar-refractivity contribution in [1.82, 2.24) is 0 Å². The summed E-state index contributed by atoms with van der Waals surface area (Å²) in [5.74, 6) is 0.226. The van der Waals surface area contributed by atoms with Gasteiger partial charge >= 0.3 is 5.97 Å². The smallest absolute Gasteiger partial charge is 0.316 e. The van der Waals surface area contributed by atoms with Crippen molar-refractivity contribution in [2.24, 2.45) is 5.41 Å². The molecule has 0 amide bonds. The number of para-hydroxylation sites is 1. The fourth-order valence-corrected chi connectivity index (χ4v) is 3.76. The number of nitriles is 1. The summed E-state index contributed by atoms with van der Waals surface area (Å²) >= 11 is 6.02. The quantitative estimate of drug-likeness (QED) is 0.491. The zero-order chi connectivity index (χ0) is 21.8. The second-order valence-electron chi connectivity index (χ2n) is 7.69. The first kappa shape index (κ1) is 21.4. The molecule has 4 nitrogen and oxygen atoms in total. The Labute approximate surface area is 181 Å². The van der Waals surface area contributed by atoms with E-state index >= 15 is 0 Å². The Bertz CT molecular complexity index is 1070. The fraction of sp³-hybridized carbons (Fsp3) is 0.200.